The van der Waals surface area contributed by atoms with E-state index in [9.17, 15) is 18.0 Å². The zero-order valence-corrected chi connectivity index (χ0v) is 13.1. The zero-order valence-electron chi connectivity index (χ0n) is 11.5. The van der Waals surface area contributed by atoms with Crippen LogP contribution in [0.3, 0.4) is 0 Å². The molecule has 0 bridgehead atoms. The minimum Gasteiger partial charge on any atom is -0.462 e. The third kappa shape index (κ3) is 3.19. The number of furan rings is 1. The van der Waals surface area contributed by atoms with E-state index in [2.05, 4.69) is 15.9 Å². The maximum absolute atomic E-state index is 13.2. The van der Waals surface area contributed by atoms with Crippen molar-refractivity contribution >= 4 is 21.9 Å². The van der Waals surface area contributed by atoms with Crippen molar-refractivity contribution < 1.29 is 27.1 Å². The summed E-state index contributed by atoms with van der Waals surface area (Å²) in [5.74, 6) is -2.37. The Morgan fingerprint density at radius 1 is 1.27 bits per heavy atom. The fraction of sp³-hybridized carbons (Fsp3) is 0.267. The maximum atomic E-state index is 13.2. The van der Waals surface area contributed by atoms with Crippen LogP contribution in [0, 0.1) is 0 Å². The van der Waals surface area contributed by atoms with Gasteiger partial charge in [0.25, 0.3) is 0 Å². The van der Waals surface area contributed by atoms with Gasteiger partial charge in [0.05, 0.1) is 6.61 Å². The first-order valence-corrected chi connectivity index (χ1v) is 7.53. The molecule has 22 heavy (non-hydrogen) atoms. The third-order valence-corrected chi connectivity index (χ3v) is 3.47. The first kappa shape index (κ1) is 16.6. The van der Waals surface area contributed by atoms with Gasteiger partial charge in [0.2, 0.25) is 5.76 Å². The number of carbonyl (C=O) groups is 1. The van der Waals surface area contributed by atoms with Gasteiger partial charge in [-0.2, -0.15) is 13.2 Å². The van der Waals surface area contributed by atoms with Crippen molar-refractivity contribution in [3.8, 4) is 11.3 Å². The second-order valence-corrected chi connectivity index (χ2v) is 4.89. The molecule has 0 saturated heterocycles. The fourth-order valence-electron chi connectivity index (χ4n) is 2.03. The van der Waals surface area contributed by atoms with Crippen LogP contribution in [0.2, 0.25) is 0 Å². The van der Waals surface area contributed by atoms with Crippen molar-refractivity contribution in [2.24, 2.45) is 0 Å². The van der Waals surface area contributed by atoms with E-state index in [4.69, 9.17) is 9.15 Å². The molecule has 2 rings (SSSR count). The highest BCUT2D eigenvalue weighted by Gasteiger charge is 2.43. The van der Waals surface area contributed by atoms with Gasteiger partial charge in [-0.05, 0) is 6.92 Å². The van der Waals surface area contributed by atoms with Crippen molar-refractivity contribution in [2.45, 2.75) is 18.4 Å². The van der Waals surface area contributed by atoms with Crippen LogP contribution in [0.25, 0.3) is 11.3 Å². The molecule has 1 aromatic heterocycles. The number of ether oxygens (including phenoxy) is 1. The van der Waals surface area contributed by atoms with Gasteiger partial charge >= 0.3 is 12.1 Å². The first-order chi connectivity index (χ1) is 10.4. The summed E-state index contributed by atoms with van der Waals surface area (Å²) < 4.78 is 49.3. The predicted octanol–water partition coefficient (Wildman–Crippen LogP) is 5.04. The van der Waals surface area contributed by atoms with Gasteiger partial charge in [0.15, 0.2) is 0 Å². The van der Waals surface area contributed by atoms with Gasteiger partial charge in [0.1, 0.15) is 11.3 Å². The van der Waals surface area contributed by atoms with Crippen molar-refractivity contribution in [1.29, 1.82) is 0 Å². The number of rotatable bonds is 4. The van der Waals surface area contributed by atoms with Crippen LogP contribution in [0.15, 0.2) is 34.7 Å². The SMILES string of the molecule is CCOC(=O)c1c(C(F)(F)F)oc(-c2ccccc2)c1CBr. The number of benzene rings is 1. The van der Waals surface area contributed by atoms with Crippen LogP contribution < -0.4 is 0 Å². The van der Waals surface area contributed by atoms with Gasteiger partial charge < -0.3 is 9.15 Å². The molecule has 0 saturated carbocycles. The Bertz CT molecular complexity index is 663. The normalized spacial score (nSPS) is 11.5. The van der Waals surface area contributed by atoms with E-state index >= 15 is 0 Å². The standard InChI is InChI=1S/C15H12BrF3O3/c1-2-21-14(20)11-10(8-16)12(9-6-4-3-5-7-9)22-13(11)15(17,18)19/h3-7H,2,8H2,1H3. The van der Waals surface area contributed by atoms with Crippen molar-refractivity contribution in [3.05, 3.63) is 47.2 Å². The Labute approximate surface area is 133 Å². The Kier molecular flexibility index (Phi) is 4.95. The summed E-state index contributed by atoms with van der Waals surface area (Å²) in [6.07, 6.45) is -4.79. The molecule has 0 aliphatic carbocycles. The van der Waals surface area contributed by atoms with Crippen LogP contribution in [0.1, 0.15) is 28.6 Å². The van der Waals surface area contributed by atoms with Crippen LogP contribution >= 0.6 is 15.9 Å². The van der Waals surface area contributed by atoms with E-state index in [1.54, 1.807) is 30.3 Å². The van der Waals surface area contributed by atoms with Crippen LogP contribution in [0.5, 0.6) is 0 Å². The molecule has 0 unspecified atom stereocenters. The smallest absolute Gasteiger partial charge is 0.450 e. The molecule has 118 valence electrons. The van der Waals surface area contributed by atoms with Crippen molar-refractivity contribution in [3.63, 3.8) is 0 Å². The molecule has 0 N–H and O–H groups in total. The predicted molar refractivity (Wildman–Crippen MR) is 77.7 cm³/mol. The molecule has 1 aromatic carbocycles. The van der Waals surface area contributed by atoms with Crippen molar-refractivity contribution in [1.82, 2.24) is 0 Å². The van der Waals surface area contributed by atoms with Crippen molar-refractivity contribution in [2.75, 3.05) is 6.61 Å². The lowest BCUT2D eigenvalue weighted by molar-refractivity contribution is -0.153. The first-order valence-electron chi connectivity index (χ1n) is 6.41. The second kappa shape index (κ2) is 6.56. The average molecular weight is 377 g/mol. The largest absolute Gasteiger partial charge is 0.462 e. The molecule has 0 radical (unpaired) electrons. The summed E-state index contributed by atoms with van der Waals surface area (Å²) in [6.45, 7) is 1.50. The molecular weight excluding hydrogens is 365 g/mol. The lowest BCUT2D eigenvalue weighted by Gasteiger charge is -2.06. The quantitative estimate of drug-likeness (QED) is 0.554. The number of alkyl halides is 4. The Hall–Kier alpha value is -1.76. The number of hydrogen-bond acceptors (Lipinski definition) is 3. The number of halogens is 4. The molecule has 7 heteroatoms. The second-order valence-electron chi connectivity index (χ2n) is 4.33. The van der Waals surface area contributed by atoms with Gasteiger partial charge in [-0.15, -0.1) is 0 Å². The number of carbonyl (C=O) groups excluding carboxylic acids is 1. The topological polar surface area (TPSA) is 39.4 Å². The van der Waals surface area contributed by atoms with E-state index in [1.165, 1.54) is 6.92 Å². The maximum Gasteiger partial charge on any atom is 0.450 e. The highest BCUT2D eigenvalue weighted by molar-refractivity contribution is 9.08. The number of esters is 1. The molecule has 0 spiro atoms. The highest BCUT2D eigenvalue weighted by Crippen LogP contribution is 2.41. The van der Waals surface area contributed by atoms with E-state index in [-0.39, 0.29) is 23.3 Å². The average Bonchev–Trinajstić information content (AvgIpc) is 2.88. The molecule has 0 aliphatic heterocycles. The molecule has 3 nitrogen and oxygen atoms in total. The molecule has 0 atom stereocenters. The summed E-state index contributed by atoms with van der Waals surface area (Å²) >= 11 is 3.12. The van der Waals surface area contributed by atoms with E-state index in [0.717, 1.165) is 0 Å². The molecule has 0 fully saturated rings. The summed E-state index contributed by atoms with van der Waals surface area (Å²) in [4.78, 5) is 11.9. The Morgan fingerprint density at radius 2 is 1.91 bits per heavy atom. The summed E-state index contributed by atoms with van der Waals surface area (Å²) in [7, 11) is 0. The summed E-state index contributed by atoms with van der Waals surface area (Å²) in [5.41, 5.74) is 0.0000477. The number of hydrogen-bond donors (Lipinski definition) is 0. The van der Waals surface area contributed by atoms with Crippen LogP contribution in [0.4, 0.5) is 13.2 Å². The van der Waals surface area contributed by atoms with Gasteiger partial charge in [-0.3, -0.25) is 0 Å². The minimum absolute atomic E-state index is 0.00727. The summed E-state index contributed by atoms with van der Waals surface area (Å²) in [6, 6.07) is 8.30. The van der Waals surface area contributed by atoms with Crippen LogP contribution in [-0.4, -0.2) is 12.6 Å². The third-order valence-electron chi connectivity index (χ3n) is 2.91. The molecule has 0 aliphatic rings. The Balaban J connectivity index is 2.69. The fourth-order valence-corrected chi connectivity index (χ4v) is 2.57. The molecule has 2 aromatic rings. The molecule has 0 amide bonds. The van der Waals surface area contributed by atoms with Gasteiger partial charge in [-0.25, -0.2) is 4.79 Å². The minimum atomic E-state index is -4.79. The Morgan fingerprint density at radius 3 is 2.41 bits per heavy atom. The van der Waals surface area contributed by atoms with E-state index in [0.29, 0.717) is 5.56 Å². The monoisotopic (exact) mass is 376 g/mol. The van der Waals surface area contributed by atoms with Gasteiger partial charge in [-0.1, -0.05) is 46.3 Å². The van der Waals surface area contributed by atoms with E-state index < -0.39 is 23.5 Å². The van der Waals surface area contributed by atoms with Gasteiger partial charge in [0, 0.05) is 16.5 Å². The zero-order chi connectivity index (χ0) is 16.3. The molecular formula is C15H12BrF3O3. The van der Waals surface area contributed by atoms with Crippen LogP contribution in [-0.2, 0) is 16.2 Å². The lowest BCUT2D eigenvalue weighted by Crippen LogP contribution is -2.14. The summed E-state index contributed by atoms with van der Waals surface area (Å²) in [5, 5.41) is 0.0327. The van der Waals surface area contributed by atoms with E-state index in [1.807, 2.05) is 0 Å². The highest BCUT2D eigenvalue weighted by atomic mass is 79.9. The molecule has 1 heterocycles. The lowest BCUT2D eigenvalue weighted by atomic mass is 10.1.